The zero-order valence-corrected chi connectivity index (χ0v) is 6.68. The lowest BCUT2D eigenvalue weighted by Gasteiger charge is -1.92. The summed E-state index contributed by atoms with van der Waals surface area (Å²) in [6.45, 7) is 0. The third kappa shape index (κ3) is 1.33. The van der Waals surface area contributed by atoms with E-state index in [1.807, 2.05) is 30.3 Å². The van der Waals surface area contributed by atoms with E-state index >= 15 is 0 Å². The highest BCUT2D eigenvalue weighted by Crippen LogP contribution is 2.27. The first-order valence-corrected chi connectivity index (χ1v) is 3.75. The molecule has 0 saturated heterocycles. The van der Waals surface area contributed by atoms with Gasteiger partial charge in [-0.1, -0.05) is 35.5 Å². The van der Waals surface area contributed by atoms with Crippen LogP contribution in [0.15, 0.2) is 46.3 Å². The van der Waals surface area contributed by atoms with Gasteiger partial charge in [0.05, 0.1) is 0 Å². The fraction of sp³-hybridized carbons (Fsp3) is 0. The Morgan fingerprint density at radius 2 is 2.00 bits per heavy atom. The summed E-state index contributed by atoms with van der Waals surface area (Å²) in [6.07, 6.45) is 1.23. The second-order valence-corrected chi connectivity index (χ2v) is 2.51. The fourth-order valence-electron chi connectivity index (χ4n) is 1.09. The minimum atomic E-state index is 0.228. The summed E-state index contributed by atoms with van der Waals surface area (Å²) >= 11 is 0. The molecule has 2 aromatic rings. The van der Waals surface area contributed by atoms with Crippen LogP contribution < -0.4 is 0 Å². The topological polar surface area (TPSA) is 55.5 Å². The number of benzene rings is 1. The quantitative estimate of drug-likeness (QED) is 0.657. The van der Waals surface area contributed by atoms with E-state index in [1.165, 1.54) is 6.26 Å². The molecule has 0 aliphatic rings. The summed E-state index contributed by atoms with van der Waals surface area (Å²) in [5.74, 6) is 0. The summed E-state index contributed by atoms with van der Waals surface area (Å²) < 4.78 is 4.65. The molecule has 1 aromatic carbocycles. The van der Waals surface area contributed by atoms with Gasteiger partial charge in [-0.15, -0.1) is 4.91 Å². The molecular formula is C9H6N2O2. The van der Waals surface area contributed by atoms with E-state index < -0.39 is 0 Å². The summed E-state index contributed by atoms with van der Waals surface area (Å²) in [7, 11) is 0. The van der Waals surface area contributed by atoms with Gasteiger partial charge < -0.3 is 4.52 Å². The Hall–Kier alpha value is -1.97. The Morgan fingerprint density at radius 1 is 1.23 bits per heavy atom. The highest BCUT2D eigenvalue weighted by Gasteiger charge is 2.09. The van der Waals surface area contributed by atoms with Gasteiger partial charge in [-0.3, -0.25) is 0 Å². The number of rotatable bonds is 2. The zero-order valence-electron chi connectivity index (χ0n) is 6.68. The molecule has 0 N–H and O–H groups in total. The minimum Gasteiger partial charge on any atom is -0.362 e. The molecule has 1 heterocycles. The first kappa shape index (κ1) is 7.67. The van der Waals surface area contributed by atoms with Crippen molar-refractivity contribution in [1.82, 2.24) is 5.16 Å². The lowest BCUT2D eigenvalue weighted by atomic mass is 10.1. The van der Waals surface area contributed by atoms with Gasteiger partial charge in [0.15, 0.2) is 12.0 Å². The van der Waals surface area contributed by atoms with Gasteiger partial charge in [0.25, 0.3) is 0 Å². The average molecular weight is 174 g/mol. The summed E-state index contributed by atoms with van der Waals surface area (Å²) in [5.41, 5.74) is 1.53. The molecule has 0 atom stereocenters. The molecule has 0 saturated carbocycles. The largest absolute Gasteiger partial charge is 0.362 e. The van der Waals surface area contributed by atoms with E-state index in [0.717, 1.165) is 5.56 Å². The molecular weight excluding hydrogens is 168 g/mol. The number of hydrogen-bond donors (Lipinski definition) is 0. The normalized spacial score (nSPS) is 9.85. The van der Waals surface area contributed by atoms with Crippen LogP contribution in [0.2, 0.25) is 0 Å². The molecule has 4 nitrogen and oxygen atoms in total. The van der Waals surface area contributed by atoms with Crippen molar-refractivity contribution >= 4 is 5.69 Å². The molecule has 0 aliphatic carbocycles. The van der Waals surface area contributed by atoms with Crippen LogP contribution in [0.3, 0.4) is 0 Å². The predicted molar refractivity (Wildman–Crippen MR) is 47.4 cm³/mol. The molecule has 1 aromatic heterocycles. The smallest absolute Gasteiger partial charge is 0.175 e. The maximum absolute atomic E-state index is 10.3. The molecule has 0 unspecified atom stereocenters. The van der Waals surface area contributed by atoms with Gasteiger partial charge in [0.2, 0.25) is 0 Å². The maximum atomic E-state index is 10.3. The van der Waals surface area contributed by atoms with E-state index in [0.29, 0.717) is 5.69 Å². The highest BCUT2D eigenvalue weighted by molar-refractivity contribution is 5.70. The number of aromatic nitrogens is 1. The van der Waals surface area contributed by atoms with E-state index in [9.17, 15) is 4.91 Å². The molecule has 64 valence electrons. The Bertz CT molecular complexity index is 409. The molecule has 0 aliphatic heterocycles. The van der Waals surface area contributed by atoms with Crippen LogP contribution in [0.4, 0.5) is 5.69 Å². The Labute approximate surface area is 74.1 Å². The summed E-state index contributed by atoms with van der Waals surface area (Å²) in [5, 5.41) is 6.49. The van der Waals surface area contributed by atoms with Gasteiger partial charge in [0, 0.05) is 5.56 Å². The lowest BCUT2D eigenvalue weighted by molar-refractivity contribution is 0.422. The van der Waals surface area contributed by atoms with Crippen LogP contribution in [0.25, 0.3) is 11.3 Å². The van der Waals surface area contributed by atoms with Crippen molar-refractivity contribution < 1.29 is 4.52 Å². The monoisotopic (exact) mass is 174 g/mol. The zero-order chi connectivity index (χ0) is 9.10. The van der Waals surface area contributed by atoms with Gasteiger partial charge in [0.1, 0.15) is 5.69 Å². The number of hydrogen-bond acceptors (Lipinski definition) is 4. The Balaban J connectivity index is 2.52. The lowest BCUT2D eigenvalue weighted by Crippen LogP contribution is -1.75. The predicted octanol–water partition coefficient (Wildman–Crippen LogP) is 2.74. The van der Waals surface area contributed by atoms with Crippen molar-refractivity contribution in [2.24, 2.45) is 5.18 Å². The van der Waals surface area contributed by atoms with Gasteiger partial charge >= 0.3 is 0 Å². The van der Waals surface area contributed by atoms with Crippen molar-refractivity contribution in [3.8, 4) is 11.3 Å². The first-order valence-electron chi connectivity index (χ1n) is 3.75. The SMILES string of the molecule is O=Nc1conc1-c1ccccc1. The van der Waals surface area contributed by atoms with Gasteiger partial charge in [-0.2, -0.15) is 0 Å². The average Bonchev–Trinajstić information content (AvgIpc) is 2.67. The molecule has 13 heavy (non-hydrogen) atoms. The van der Waals surface area contributed by atoms with Crippen molar-refractivity contribution in [3.05, 3.63) is 41.5 Å². The van der Waals surface area contributed by atoms with Crippen LogP contribution in [0.1, 0.15) is 0 Å². The maximum Gasteiger partial charge on any atom is 0.175 e. The van der Waals surface area contributed by atoms with E-state index in [2.05, 4.69) is 14.9 Å². The Morgan fingerprint density at radius 3 is 2.69 bits per heavy atom. The van der Waals surface area contributed by atoms with Gasteiger partial charge in [-0.25, -0.2) is 0 Å². The van der Waals surface area contributed by atoms with E-state index in [1.54, 1.807) is 0 Å². The molecule has 0 spiro atoms. The van der Waals surface area contributed by atoms with E-state index in [4.69, 9.17) is 0 Å². The standard InChI is InChI=1S/C9H6N2O2/c12-10-8-6-13-11-9(8)7-4-2-1-3-5-7/h1-6H. The van der Waals surface area contributed by atoms with Crippen molar-refractivity contribution in [1.29, 1.82) is 0 Å². The van der Waals surface area contributed by atoms with Crippen molar-refractivity contribution in [3.63, 3.8) is 0 Å². The highest BCUT2D eigenvalue weighted by atomic mass is 16.5. The molecule has 2 rings (SSSR count). The molecule has 0 bridgehead atoms. The van der Waals surface area contributed by atoms with Crippen LogP contribution in [0, 0.1) is 4.91 Å². The van der Waals surface area contributed by atoms with Gasteiger partial charge in [-0.05, 0) is 5.18 Å². The van der Waals surface area contributed by atoms with Crippen molar-refractivity contribution in [2.45, 2.75) is 0 Å². The third-order valence-corrected chi connectivity index (χ3v) is 1.70. The Kier molecular flexibility index (Phi) is 1.88. The number of nitrogens with zero attached hydrogens (tertiary/aromatic N) is 2. The first-order chi connectivity index (χ1) is 6.42. The summed E-state index contributed by atoms with van der Waals surface area (Å²) in [6, 6.07) is 9.29. The van der Waals surface area contributed by atoms with Crippen LogP contribution in [-0.2, 0) is 0 Å². The minimum absolute atomic E-state index is 0.228. The molecule has 0 fully saturated rings. The van der Waals surface area contributed by atoms with Crippen LogP contribution >= 0.6 is 0 Å². The molecule has 0 radical (unpaired) electrons. The van der Waals surface area contributed by atoms with Crippen molar-refractivity contribution in [2.75, 3.05) is 0 Å². The third-order valence-electron chi connectivity index (χ3n) is 1.70. The van der Waals surface area contributed by atoms with Crippen LogP contribution in [0.5, 0.6) is 0 Å². The molecule has 4 heteroatoms. The molecule has 0 amide bonds. The second kappa shape index (κ2) is 3.18. The summed E-state index contributed by atoms with van der Waals surface area (Å²) in [4.78, 5) is 10.3. The van der Waals surface area contributed by atoms with Crippen LogP contribution in [-0.4, -0.2) is 5.16 Å². The second-order valence-electron chi connectivity index (χ2n) is 2.51. The fourth-order valence-corrected chi connectivity index (χ4v) is 1.09. The van der Waals surface area contributed by atoms with E-state index in [-0.39, 0.29) is 5.69 Å². The number of nitroso groups, excluding NO2 is 1.